The number of nitrogens with one attached hydrogen (secondary N) is 1. The zero-order valence-electron chi connectivity index (χ0n) is 8.76. The zero-order chi connectivity index (χ0) is 10.7. The average molecular weight is 212 g/mol. The van der Waals surface area contributed by atoms with Crippen molar-refractivity contribution in [1.29, 1.82) is 0 Å². The Kier molecular flexibility index (Phi) is 3.66. The standard InChI is InChI=1S/C10H16N2OS/c1-6(11)4-12-10(13)9-5-14-8(3)7(9)2/h5-6H,4,11H2,1-3H3,(H,12,13). The molecular formula is C10H16N2OS. The van der Waals surface area contributed by atoms with Crippen molar-refractivity contribution in [3.8, 4) is 0 Å². The molecule has 1 rings (SSSR count). The Morgan fingerprint density at radius 1 is 1.64 bits per heavy atom. The highest BCUT2D eigenvalue weighted by Crippen LogP contribution is 2.20. The number of hydrogen-bond acceptors (Lipinski definition) is 3. The summed E-state index contributed by atoms with van der Waals surface area (Å²) in [6.07, 6.45) is 0. The number of nitrogens with two attached hydrogens (primary N) is 1. The van der Waals surface area contributed by atoms with Crippen molar-refractivity contribution in [2.75, 3.05) is 6.54 Å². The predicted molar refractivity (Wildman–Crippen MR) is 59.8 cm³/mol. The summed E-state index contributed by atoms with van der Waals surface area (Å²) in [5.41, 5.74) is 7.39. The maximum atomic E-state index is 11.6. The molecule has 1 aromatic heterocycles. The molecule has 0 spiro atoms. The van der Waals surface area contributed by atoms with Gasteiger partial charge in [-0.25, -0.2) is 0 Å². The molecule has 0 saturated heterocycles. The van der Waals surface area contributed by atoms with Crippen molar-refractivity contribution < 1.29 is 4.79 Å². The van der Waals surface area contributed by atoms with Crippen LogP contribution >= 0.6 is 11.3 Å². The van der Waals surface area contributed by atoms with Crippen LogP contribution in [0, 0.1) is 13.8 Å². The van der Waals surface area contributed by atoms with E-state index >= 15 is 0 Å². The normalized spacial score (nSPS) is 12.6. The van der Waals surface area contributed by atoms with E-state index in [-0.39, 0.29) is 11.9 Å². The minimum atomic E-state index is -0.0239. The van der Waals surface area contributed by atoms with Crippen LogP contribution in [0.2, 0.25) is 0 Å². The van der Waals surface area contributed by atoms with Gasteiger partial charge in [-0.3, -0.25) is 4.79 Å². The number of hydrogen-bond donors (Lipinski definition) is 2. The van der Waals surface area contributed by atoms with Crippen LogP contribution in [0.5, 0.6) is 0 Å². The lowest BCUT2D eigenvalue weighted by Gasteiger charge is -2.07. The summed E-state index contributed by atoms with van der Waals surface area (Å²) in [4.78, 5) is 12.8. The molecule has 1 atom stereocenters. The molecule has 1 amide bonds. The number of carbonyl (C=O) groups excluding carboxylic acids is 1. The summed E-state index contributed by atoms with van der Waals surface area (Å²) in [5.74, 6) is -0.0239. The lowest BCUT2D eigenvalue weighted by Crippen LogP contribution is -2.35. The summed E-state index contributed by atoms with van der Waals surface area (Å²) in [5, 5.41) is 4.69. The van der Waals surface area contributed by atoms with E-state index in [1.807, 2.05) is 26.2 Å². The molecule has 0 aliphatic heterocycles. The minimum absolute atomic E-state index is 0.000936. The lowest BCUT2D eigenvalue weighted by atomic mass is 10.1. The largest absolute Gasteiger partial charge is 0.350 e. The first kappa shape index (κ1) is 11.2. The van der Waals surface area contributed by atoms with Crippen molar-refractivity contribution in [1.82, 2.24) is 5.32 Å². The molecule has 1 unspecified atom stereocenters. The summed E-state index contributed by atoms with van der Waals surface area (Å²) >= 11 is 1.60. The van der Waals surface area contributed by atoms with Gasteiger partial charge in [0.25, 0.3) is 5.91 Å². The molecule has 0 aliphatic rings. The predicted octanol–water partition coefficient (Wildman–Crippen LogP) is 1.44. The highest BCUT2D eigenvalue weighted by atomic mass is 32.1. The molecule has 1 aromatic rings. The molecule has 14 heavy (non-hydrogen) atoms. The first-order chi connectivity index (χ1) is 6.52. The van der Waals surface area contributed by atoms with Gasteiger partial charge in [0, 0.05) is 22.8 Å². The van der Waals surface area contributed by atoms with Gasteiger partial charge in [-0.1, -0.05) is 0 Å². The molecular weight excluding hydrogens is 196 g/mol. The molecule has 0 bridgehead atoms. The maximum Gasteiger partial charge on any atom is 0.252 e. The molecule has 0 radical (unpaired) electrons. The zero-order valence-corrected chi connectivity index (χ0v) is 9.57. The van der Waals surface area contributed by atoms with Crippen LogP contribution in [-0.4, -0.2) is 18.5 Å². The van der Waals surface area contributed by atoms with Gasteiger partial charge in [0.2, 0.25) is 0 Å². The Balaban J connectivity index is 2.66. The number of thiophene rings is 1. The van der Waals surface area contributed by atoms with E-state index in [0.717, 1.165) is 11.1 Å². The fraction of sp³-hybridized carbons (Fsp3) is 0.500. The van der Waals surface area contributed by atoms with Crippen LogP contribution in [0.15, 0.2) is 5.38 Å². The molecule has 3 nitrogen and oxygen atoms in total. The number of rotatable bonds is 3. The van der Waals surface area contributed by atoms with Gasteiger partial charge >= 0.3 is 0 Å². The third kappa shape index (κ3) is 2.56. The van der Waals surface area contributed by atoms with E-state index in [4.69, 9.17) is 5.73 Å². The second-order valence-corrected chi connectivity index (χ2v) is 4.60. The van der Waals surface area contributed by atoms with Gasteiger partial charge in [0.05, 0.1) is 5.56 Å². The van der Waals surface area contributed by atoms with Gasteiger partial charge < -0.3 is 11.1 Å². The second-order valence-electron chi connectivity index (χ2n) is 3.52. The molecule has 0 aliphatic carbocycles. The third-order valence-corrected chi connectivity index (χ3v) is 3.13. The van der Waals surface area contributed by atoms with Crippen molar-refractivity contribution >= 4 is 17.2 Å². The SMILES string of the molecule is Cc1scc(C(=O)NCC(C)N)c1C. The summed E-state index contributed by atoms with van der Waals surface area (Å²) in [7, 11) is 0. The second kappa shape index (κ2) is 4.57. The van der Waals surface area contributed by atoms with Crippen LogP contribution in [0.1, 0.15) is 27.7 Å². The number of carbonyl (C=O) groups is 1. The van der Waals surface area contributed by atoms with Crippen LogP contribution in [0.25, 0.3) is 0 Å². The van der Waals surface area contributed by atoms with E-state index in [0.29, 0.717) is 6.54 Å². The molecule has 1 heterocycles. The Labute approximate surface area is 88.3 Å². The van der Waals surface area contributed by atoms with Crippen molar-refractivity contribution in [2.24, 2.45) is 5.73 Å². The first-order valence-corrected chi connectivity index (χ1v) is 5.48. The van der Waals surface area contributed by atoms with Gasteiger partial charge in [-0.2, -0.15) is 0 Å². The summed E-state index contributed by atoms with van der Waals surface area (Å²) in [6, 6.07) is -0.000936. The maximum absolute atomic E-state index is 11.6. The van der Waals surface area contributed by atoms with Crippen LogP contribution in [0.4, 0.5) is 0 Å². The molecule has 4 heteroatoms. The Hall–Kier alpha value is -0.870. The Morgan fingerprint density at radius 2 is 2.29 bits per heavy atom. The summed E-state index contributed by atoms with van der Waals surface area (Å²) in [6.45, 7) is 6.37. The van der Waals surface area contributed by atoms with Gasteiger partial charge in [-0.15, -0.1) is 11.3 Å². The van der Waals surface area contributed by atoms with Crippen LogP contribution in [0.3, 0.4) is 0 Å². The third-order valence-electron chi connectivity index (χ3n) is 2.11. The Morgan fingerprint density at radius 3 is 2.71 bits per heavy atom. The Bertz CT molecular complexity index is 331. The first-order valence-electron chi connectivity index (χ1n) is 4.61. The van der Waals surface area contributed by atoms with E-state index in [2.05, 4.69) is 5.32 Å². The van der Waals surface area contributed by atoms with Gasteiger partial charge in [0.1, 0.15) is 0 Å². The van der Waals surface area contributed by atoms with E-state index < -0.39 is 0 Å². The average Bonchev–Trinajstić information content (AvgIpc) is 2.44. The summed E-state index contributed by atoms with van der Waals surface area (Å²) < 4.78 is 0. The van der Waals surface area contributed by atoms with Crippen LogP contribution in [-0.2, 0) is 0 Å². The van der Waals surface area contributed by atoms with Gasteiger partial charge in [0.15, 0.2) is 0 Å². The van der Waals surface area contributed by atoms with Crippen molar-refractivity contribution in [2.45, 2.75) is 26.8 Å². The van der Waals surface area contributed by atoms with Gasteiger partial charge in [-0.05, 0) is 26.3 Å². The molecule has 78 valence electrons. The van der Waals surface area contributed by atoms with Crippen LogP contribution < -0.4 is 11.1 Å². The van der Waals surface area contributed by atoms with E-state index in [1.54, 1.807) is 11.3 Å². The monoisotopic (exact) mass is 212 g/mol. The topological polar surface area (TPSA) is 55.1 Å². The molecule has 3 N–H and O–H groups in total. The smallest absolute Gasteiger partial charge is 0.252 e. The number of aryl methyl sites for hydroxylation is 1. The minimum Gasteiger partial charge on any atom is -0.350 e. The lowest BCUT2D eigenvalue weighted by molar-refractivity contribution is 0.0951. The number of amides is 1. The van der Waals surface area contributed by atoms with E-state index in [1.165, 1.54) is 4.88 Å². The highest BCUT2D eigenvalue weighted by Gasteiger charge is 2.11. The molecule has 0 saturated carbocycles. The fourth-order valence-corrected chi connectivity index (χ4v) is 1.95. The highest BCUT2D eigenvalue weighted by molar-refractivity contribution is 7.10. The van der Waals surface area contributed by atoms with Crippen molar-refractivity contribution in [3.05, 3.63) is 21.4 Å². The quantitative estimate of drug-likeness (QED) is 0.796. The molecule has 0 aromatic carbocycles. The van der Waals surface area contributed by atoms with Crippen molar-refractivity contribution in [3.63, 3.8) is 0 Å². The molecule has 0 fully saturated rings. The van der Waals surface area contributed by atoms with E-state index in [9.17, 15) is 4.79 Å². The fourth-order valence-electron chi connectivity index (χ4n) is 1.09.